The van der Waals surface area contributed by atoms with Crippen molar-refractivity contribution in [3.63, 3.8) is 0 Å². The minimum Gasteiger partial charge on any atom is -0.338 e. The molecule has 1 atom stereocenters. The van der Waals surface area contributed by atoms with E-state index in [1.54, 1.807) is 0 Å². The van der Waals surface area contributed by atoms with E-state index in [1.807, 2.05) is 6.92 Å². The second kappa shape index (κ2) is 2.73. The molecule has 1 amide bonds. The summed E-state index contributed by atoms with van der Waals surface area (Å²) in [7, 11) is 0. The van der Waals surface area contributed by atoms with Gasteiger partial charge in [-0.05, 0) is 38.5 Å². The van der Waals surface area contributed by atoms with Gasteiger partial charge in [-0.15, -0.1) is 0 Å². The largest absolute Gasteiger partial charge is 0.338 e. The molecule has 2 aliphatic carbocycles. The Morgan fingerprint density at radius 3 is 2.46 bits per heavy atom. The highest BCUT2D eigenvalue weighted by Gasteiger charge is 2.44. The second-order valence-electron chi connectivity index (χ2n) is 4.35. The average molecular weight is 178 g/mol. The van der Waals surface area contributed by atoms with Crippen LogP contribution in [0.4, 0.5) is 0 Å². The fraction of sp³-hybridized carbons (Fsp3) is 0.800. The van der Waals surface area contributed by atoms with Crippen LogP contribution in [0.5, 0.6) is 0 Å². The maximum absolute atomic E-state index is 11.4. The van der Waals surface area contributed by atoms with Crippen LogP contribution in [0.25, 0.3) is 0 Å². The summed E-state index contributed by atoms with van der Waals surface area (Å²) in [5.41, 5.74) is -0.598. The second-order valence-corrected chi connectivity index (χ2v) is 4.35. The van der Waals surface area contributed by atoms with Crippen LogP contribution in [0, 0.1) is 23.2 Å². The molecule has 2 fully saturated rings. The van der Waals surface area contributed by atoms with Gasteiger partial charge in [0, 0.05) is 5.92 Å². The van der Waals surface area contributed by atoms with Gasteiger partial charge < -0.3 is 5.32 Å². The van der Waals surface area contributed by atoms with Crippen molar-refractivity contribution in [3.05, 3.63) is 0 Å². The van der Waals surface area contributed by atoms with Gasteiger partial charge in [-0.3, -0.25) is 4.79 Å². The van der Waals surface area contributed by atoms with Gasteiger partial charge in [0.05, 0.1) is 6.07 Å². The minimum absolute atomic E-state index is 0.0796. The number of hydrogen-bond acceptors (Lipinski definition) is 2. The van der Waals surface area contributed by atoms with E-state index < -0.39 is 5.54 Å². The number of nitrogens with zero attached hydrogens (tertiary/aromatic N) is 1. The van der Waals surface area contributed by atoms with Gasteiger partial charge in [-0.25, -0.2) is 0 Å². The van der Waals surface area contributed by atoms with Crippen LogP contribution in [-0.2, 0) is 4.79 Å². The molecule has 13 heavy (non-hydrogen) atoms. The molecule has 0 radical (unpaired) electrons. The van der Waals surface area contributed by atoms with Gasteiger partial charge in [0.1, 0.15) is 5.54 Å². The lowest BCUT2D eigenvalue weighted by molar-refractivity contribution is -0.123. The first-order valence-corrected chi connectivity index (χ1v) is 4.89. The van der Waals surface area contributed by atoms with Crippen molar-refractivity contribution in [2.45, 2.75) is 38.1 Å². The Hall–Kier alpha value is -1.04. The molecule has 0 spiro atoms. The zero-order valence-corrected chi connectivity index (χ0v) is 7.84. The van der Waals surface area contributed by atoms with Crippen LogP contribution in [0.15, 0.2) is 0 Å². The quantitative estimate of drug-likeness (QED) is 0.706. The molecule has 2 saturated carbocycles. The zero-order valence-electron chi connectivity index (χ0n) is 7.84. The Morgan fingerprint density at radius 1 is 1.46 bits per heavy atom. The highest BCUT2D eigenvalue weighted by molar-refractivity contribution is 5.82. The van der Waals surface area contributed by atoms with Crippen molar-refractivity contribution in [3.8, 4) is 6.07 Å². The van der Waals surface area contributed by atoms with E-state index >= 15 is 0 Å². The topological polar surface area (TPSA) is 52.9 Å². The molecular formula is C10H14N2O. The van der Waals surface area contributed by atoms with Gasteiger partial charge in [0.15, 0.2) is 0 Å². The monoisotopic (exact) mass is 178 g/mol. The van der Waals surface area contributed by atoms with Crippen LogP contribution in [0.2, 0.25) is 0 Å². The molecule has 70 valence electrons. The smallest absolute Gasteiger partial charge is 0.224 e. The minimum atomic E-state index is -0.598. The summed E-state index contributed by atoms with van der Waals surface area (Å²) in [6, 6.07) is 2.22. The van der Waals surface area contributed by atoms with E-state index in [2.05, 4.69) is 11.4 Å². The molecule has 2 aliphatic rings. The standard InChI is InChI=1S/C10H14N2O/c1-10(6-11,8-4-5-8)12-9(13)7-2-3-7/h7-8H,2-5H2,1H3,(H,12,13). The summed E-state index contributed by atoms with van der Waals surface area (Å²) in [5, 5.41) is 11.8. The van der Waals surface area contributed by atoms with E-state index in [-0.39, 0.29) is 11.8 Å². The third-order valence-electron chi connectivity index (χ3n) is 2.96. The highest BCUT2D eigenvalue weighted by Crippen LogP contribution is 2.40. The van der Waals surface area contributed by atoms with E-state index in [9.17, 15) is 4.79 Å². The third kappa shape index (κ3) is 1.67. The predicted molar refractivity (Wildman–Crippen MR) is 47.6 cm³/mol. The summed E-state index contributed by atoms with van der Waals surface area (Å²) in [6.45, 7) is 1.84. The molecule has 3 heteroatoms. The molecule has 3 nitrogen and oxygen atoms in total. The molecule has 1 unspecified atom stereocenters. The number of nitriles is 1. The Kier molecular flexibility index (Phi) is 1.80. The highest BCUT2D eigenvalue weighted by atomic mass is 16.2. The van der Waals surface area contributed by atoms with E-state index in [1.165, 1.54) is 0 Å². The fourth-order valence-corrected chi connectivity index (χ4v) is 1.59. The zero-order chi connectivity index (χ0) is 9.47. The molecule has 0 saturated heterocycles. The van der Waals surface area contributed by atoms with Gasteiger partial charge in [0.25, 0.3) is 0 Å². The third-order valence-corrected chi connectivity index (χ3v) is 2.96. The Balaban J connectivity index is 1.96. The summed E-state index contributed by atoms with van der Waals surface area (Å²) in [4.78, 5) is 11.4. The number of rotatable bonds is 3. The number of carbonyl (C=O) groups excluding carboxylic acids is 1. The van der Waals surface area contributed by atoms with E-state index in [0.29, 0.717) is 5.92 Å². The van der Waals surface area contributed by atoms with Crippen molar-refractivity contribution in [2.75, 3.05) is 0 Å². The summed E-state index contributed by atoms with van der Waals surface area (Å²) in [5.74, 6) is 0.669. The SMILES string of the molecule is CC(C#N)(NC(=O)C1CC1)C1CC1. The first-order chi connectivity index (χ1) is 6.15. The molecule has 0 bridgehead atoms. The maximum Gasteiger partial charge on any atom is 0.224 e. The van der Waals surface area contributed by atoms with Gasteiger partial charge in [-0.1, -0.05) is 0 Å². The predicted octanol–water partition coefficient (Wildman–Crippen LogP) is 1.20. The molecule has 0 aromatic heterocycles. The van der Waals surface area contributed by atoms with E-state index in [4.69, 9.17) is 5.26 Å². The van der Waals surface area contributed by atoms with Gasteiger partial charge in [0.2, 0.25) is 5.91 Å². The van der Waals surface area contributed by atoms with Crippen LogP contribution in [0.1, 0.15) is 32.6 Å². The Labute approximate surface area is 78.1 Å². The summed E-state index contributed by atoms with van der Waals surface area (Å²) in [6.07, 6.45) is 4.15. The number of hydrogen-bond donors (Lipinski definition) is 1. The van der Waals surface area contributed by atoms with Crippen molar-refractivity contribution < 1.29 is 4.79 Å². The molecule has 0 aromatic rings. The number of amides is 1. The molecule has 0 aromatic carbocycles. The van der Waals surface area contributed by atoms with E-state index in [0.717, 1.165) is 25.7 Å². The Morgan fingerprint density at radius 2 is 2.08 bits per heavy atom. The maximum atomic E-state index is 11.4. The fourth-order valence-electron chi connectivity index (χ4n) is 1.59. The normalized spacial score (nSPS) is 25.8. The summed E-state index contributed by atoms with van der Waals surface area (Å²) >= 11 is 0. The summed E-state index contributed by atoms with van der Waals surface area (Å²) < 4.78 is 0. The van der Waals surface area contributed by atoms with Crippen LogP contribution >= 0.6 is 0 Å². The molecule has 0 heterocycles. The van der Waals surface area contributed by atoms with Crippen molar-refractivity contribution >= 4 is 5.91 Å². The molecule has 2 rings (SSSR count). The van der Waals surface area contributed by atoms with Crippen LogP contribution in [-0.4, -0.2) is 11.4 Å². The first-order valence-electron chi connectivity index (χ1n) is 4.89. The van der Waals surface area contributed by atoms with Crippen molar-refractivity contribution in [2.24, 2.45) is 11.8 Å². The Bertz CT molecular complexity index is 273. The van der Waals surface area contributed by atoms with Crippen molar-refractivity contribution in [1.29, 1.82) is 5.26 Å². The van der Waals surface area contributed by atoms with Crippen LogP contribution < -0.4 is 5.32 Å². The lowest BCUT2D eigenvalue weighted by Gasteiger charge is -2.22. The van der Waals surface area contributed by atoms with Crippen LogP contribution in [0.3, 0.4) is 0 Å². The molecular weight excluding hydrogens is 164 g/mol. The number of nitrogens with one attached hydrogen (secondary N) is 1. The first kappa shape index (κ1) is 8.55. The lowest BCUT2D eigenvalue weighted by Crippen LogP contribution is -2.47. The average Bonchev–Trinajstić information content (AvgIpc) is 2.90. The number of carbonyl (C=O) groups is 1. The van der Waals surface area contributed by atoms with Gasteiger partial charge >= 0.3 is 0 Å². The van der Waals surface area contributed by atoms with Gasteiger partial charge in [-0.2, -0.15) is 5.26 Å². The molecule has 1 N–H and O–H groups in total. The van der Waals surface area contributed by atoms with Crippen molar-refractivity contribution in [1.82, 2.24) is 5.32 Å². The molecule has 0 aliphatic heterocycles. The lowest BCUT2D eigenvalue weighted by atomic mass is 9.97.